The highest BCUT2D eigenvalue weighted by Crippen LogP contribution is 2.19. The van der Waals surface area contributed by atoms with Crippen molar-refractivity contribution in [3.63, 3.8) is 0 Å². The maximum Gasteiger partial charge on any atom is 0.317 e. The van der Waals surface area contributed by atoms with Gasteiger partial charge in [0, 0.05) is 13.1 Å². The fourth-order valence-electron chi connectivity index (χ4n) is 2.27. The van der Waals surface area contributed by atoms with E-state index in [-0.39, 0.29) is 12.3 Å². The second kappa shape index (κ2) is 10.1. The number of hydrogen-bond donors (Lipinski definition) is 2. The van der Waals surface area contributed by atoms with Crippen molar-refractivity contribution in [3.05, 3.63) is 29.8 Å². The first kappa shape index (κ1) is 19.3. The summed E-state index contributed by atoms with van der Waals surface area (Å²) in [5.74, 6) is 1.25. The van der Waals surface area contributed by atoms with Crippen LogP contribution in [0.5, 0.6) is 5.75 Å². The van der Waals surface area contributed by atoms with Gasteiger partial charge in [-0.2, -0.15) is 0 Å². The van der Waals surface area contributed by atoms with E-state index in [1.165, 1.54) is 5.56 Å². The molecule has 0 aliphatic heterocycles. The van der Waals surface area contributed by atoms with Gasteiger partial charge in [0.15, 0.2) is 6.23 Å². The van der Waals surface area contributed by atoms with Crippen LogP contribution >= 0.6 is 0 Å². The highest BCUT2D eigenvalue weighted by Gasteiger charge is 2.09. The van der Waals surface area contributed by atoms with E-state index in [9.17, 15) is 4.79 Å². The number of ether oxygens (including phenoxy) is 1. The molecule has 1 aromatic carbocycles. The Labute approximate surface area is 140 Å². The van der Waals surface area contributed by atoms with Crippen molar-refractivity contribution in [2.75, 3.05) is 26.2 Å². The lowest BCUT2D eigenvalue weighted by Gasteiger charge is -2.20. The van der Waals surface area contributed by atoms with Crippen molar-refractivity contribution in [2.24, 2.45) is 0 Å². The Morgan fingerprint density at radius 2 is 1.74 bits per heavy atom. The minimum atomic E-state index is -0.381. The van der Waals surface area contributed by atoms with Gasteiger partial charge in [-0.3, -0.25) is 0 Å². The number of carbonyl (C=O) groups is 1. The molecule has 1 aromatic rings. The van der Waals surface area contributed by atoms with Gasteiger partial charge in [0.1, 0.15) is 5.75 Å². The van der Waals surface area contributed by atoms with Gasteiger partial charge < -0.3 is 20.3 Å². The molecule has 5 heteroatoms. The summed E-state index contributed by atoms with van der Waals surface area (Å²) < 4.78 is 5.71. The van der Waals surface area contributed by atoms with Crippen LogP contribution in [0.1, 0.15) is 46.1 Å². The van der Waals surface area contributed by atoms with Crippen LogP contribution < -0.4 is 15.4 Å². The van der Waals surface area contributed by atoms with Gasteiger partial charge in [0.25, 0.3) is 0 Å². The Morgan fingerprint density at radius 3 is 2.26 bits per heavy atom. The van der Waals surface area contributed by atoms with Crippen molar-refractivity contribution >= 4 is 6.03 Å². The number of nitrogens with zero attached hydrogens (tertiary/aromatic N) is 1. The molecule has 2 N–H and O–H groups in total. The zero-order valence-electron chi connectivity index (χ0n) is 15.1. The second-order valence-electron chi connectivity index (χ2n) is 5.91. The molecule has 5 nitrogen and oxygen atoms in total. The lowest BCUT2D eigenvalue weighted by Crippen LogP contribution is -2.45. The molecular formula is C18H31N3O2. The first-order valence-corrected chi connectivity index (χ1v) is 8.49. The van der Waals surface area contributed by atoms with E-state index >= 15 is 0 Å². The van der Waals surface area contributed by atoms with Crippen LogP contribution in [0.25, 0.3) is 0 Å². The molecule has 0 heterocycles. The van der Waals surface area contributed by atoms with Crippen molar-refractivity contribution < 1.29 is 9.53 Å². The van der Waals surface area contributed by atoms with Gasteiger partial charge in [-0.15, -0.1) is 0 Å². The van der Waals surface area contributed by atoms with Crippen molar-refractivity contribution in [3.8, 4) is 5.75 Å². The van der Waals surface area contributed by atoms with Crippen molar-refractivity contribution in [1.82, 2.24) is 15.5 Å². The maximum atomic E-state index is 11.8. The molecule has 0 aliphatic rings. The minimum absolute atomic E-state index is 0.205. The molecule has 2 amide bonds. The van der Waals surface area contributed by atoms with E-state index in [4.69, 9.17) is 4.74 Å². The molecule has 23 heavy (non-hydrogen) atoms. The van der Waals surface area contributed by atoms with E-state index in [2.05, 4.69) is 55.4 Å². The number of amides is 2. The average molecular weight is 321 g/mol. The fraction of sp³-hybridized carbons (Fsp3) is 0.611. The summed E-state index contributed by atoms with van der Waals surface area (Å²) in [6.07, 6.45) is -0.381. The van der Waals surface area contributed by atoms with E-state index < -0.39 is 0 Å². The van der Waals surface area contributed by atoms with Crippen LogP contribution in [0.15, 0.2) is 24.3 Å². The van der Waals surface area contributed by atoms with Gasteiger partial charge in [-0.1, -0.05) is 39.8 Å². The number of hydrogen-bond acceptors (Lipinski definition) is 3. The number of nitrogens with one attached hydrogen (secondary N) is 2. The monoisotopic (exact) mass is 321 g/mol. The number of likely N-dealkylation sites (N-methyl/N-ethyl adjacent to an activating group) is 1. The molecule has 1 unspecified atom stereocenters. The average Bonchev–Trinajstić information content (AvgIpc) is 2.52. The fourth-order valence-corrected chi connectivity index (χ4v) is 2.27. The van der Waals surface area contributed by atoms with Crippen LogP contribution in [0.2, 0.25) is 0 Å². The Hall–Kier alpha value is -1.75. The summed E-state index contributed by atoms with van der Waals surface area (Å²) in [5.41, 5.74) is 1.27. The third-order valence-electron chi connectivity index (χ3n) is 3.80. The van der Waals surface area contributed by atoms with Gasteiger partial charge in [0.05, 0.1) is 0 Å². The van der Waals surface area contributed by atoms with Gasteiger partial charge in [0.2, 0.25) is 0 Å². The normalized spacial score (nSPS) is 12.3. The number of carbonyl (C=O) groups excluding carboxylic acids is 1. The molecule has 0 radical (unpaired) electrons. The number of benzene rings is 1. The topological polar surface area (TPSA) is 53.6 Å². The van der Waals surface area contributed by atoms with Gasteiger partial charge >= 0.3 is 6.03 Å². The summed E-state index contributed by atoms with van der Waals surface area (Å²) >= 11 is 0. The maximum absolute atomic E-state index is 11.8. The van der Waals surface area contributed by atoms with E-state index in [1.54, 1.807) is 0 Å². The van der Waals surface area contributed by atoms with Crippen molar-refractivity contribution in [2.45, 2.75) is 46.8 Å². The van der Waals surface area contributed by atoms with E-state index in [0.29, 0.717) is 12.5 Å². The Bertz CT molecular complexity index is 456. The lowest BCUT2D eigenvalue weighted by molar-refractivity contribution is 0.176. The minimum Gasteiger partial charge on any atom is -0.471 e. The number of urea groups is 1. The largest absolute Gasteiger partial charge is 0.471 e. The molecule has 0 fully saturated rings. The first-order valence-electron chi connectivity index (χ1n) is 8.49. The molecule has 0 saturated heterocycles. The summed E-state index contributed by atoms with van der Waals surface area (Å²) in [6, 6.07) is 7.77. The van der Waals surface area contributed by atoms with E-state index in [1.807, 2.05) is 19.1 Å². The molecule has 0 aliphatic carbocycles. The third-order valence-corrected chi connectivity index (χ3v) is 3.80. The molecule has 0 aromatic heterocycles. The quantitative estimate of drug-likeness (QED) is 0.687. The lowest BCUT2D eigenvalue weighted by atomic mass is 10.0. The predicted octanol–water partition coefficient (Wildman–Crippen LogP) is 3.18. The van der Waals surface area contributed by atoms with Gasteiger partial charge in [-0.25, -0.2) is 4.79 Å². The Morgan fingerprint density at radius 1 is 1.13 bits per heavy atom. The Balaban J connectivity index is 2.32. The van der Waals surface area contributed by atoms with Crippen LogP contribution in [0.3, 0.4) is 0 Å². The summed E-state index contributed by atoms with van der Waals surface area (Å²) in [5, 5.41) is 5.64. The SMILES string of the molecule is CCN(CC)CCNC(=O)NC(C)Oc1ccc(C(C)C)cc1. The highest BCUT2D eigenvalue weighted by atomic mass is 16.5. The third kappa shape index (κ3) is 7.37. The summed E-state index contributed by atoms with van der Waals surface area (Å²) in [7, 11) is 0. The molecule has 0 bridgehead atoms. The predicted molar refractivity (Wildman–Crippen MR) is 94.9 cm³/mol. The summed E-state index contributed by atoms with van der Waals surface area (Å²) in [4.78, 5) is 14.1. The first-order chi connectivity index (χ1) is 11.0. The smallest absolute Gasteiger partial charge is 0.317 e. The molecule has 0 saturated carbocycles. The number of rotatable bonds is 9. The van der Waals surface area contributed by atoms with Crippen LogP contribution in [0.4, 0.5) is 4.79 Å². The molecule has 130 valence electrons. The zero-order valence-corrected chi connectivity index (χ0v) is 15.1. The van der Waals surface area contributed by atoms with Crippen molar-refractivity contribution in [1.29, 1.82) is 0 Å². The van der Waals surface area contributed by atoms with Gasteiger partial charge in [-0.05, 0) is 43.6 Å². The highest BCUT2D eigenvalue weighted by molar-refractivity contribution is 5.73. The molecular weight excluding hydrogens is 290 g/mol. The molecule has 1 atom stereocenters. The van der Waals surface area contributed by atoms with Crippen LogP contribution in [-0.4, -0.2) is 43.3 Å². The van der Waals surface area contributed by atoms with Crippen LogP contribution in [0, 0.1) is 0 Å². The molecule has 0 spiro atoms. The second-order valence-corrected chi connectivity index (χ2v) is 5.91. The summed E-state index contributed by atoms with van der Waals surface area (Å²) in [6.45, 7) is 13.8. The zero-order chi connectivity index (χ0) is 17.2. The standard InChI is InChI=1S/C18H31N3O2/c1-6-21(7-2)13-12-19-18(22)20-15(5)23-17-10-8-16(9-11-17)14(3)4/h8-11,14-15H,6-7,12-13H2,1-5H3,(H2,19,20,22). The Kier molecular flexibility index (Phi) is 8.48. The molecule has 1 rings (SSSR count). The van der Waals surface area contributed by atoms with E-state index in [0.717, 1.165) is 25.4 Å². The van der Waals surface area contributed by atoms with Crippen LogP contribution in [-0.2, 0) is 0 Å².